The smallest absolute Gasteiger partial charge is 0.143 e. The molecule has 2 aromatic rings. The molecular formula is C14H12FN3. The molecule has 0 radical (unpaired) electrons. The van der Waals surface area contributed by atoms with E-state index in [9.17, 15) is 4.39 Å². The van der Waals surface area contributed by atoms with Gasteiger partial charge in [0.05, 0.1) is 5.69 Å². The normalized spacial score (nSPS) is 9.83. The summed E-state index contributed by atoms with van der Waals surface area (Å²) < 4.78 is 13.4. The molecule has 3 N–H and O–H groups in total. The van der Waals surface area contributed by atoms with Crippen molar-refractivity contribution in [1.82, 2.24) is 0 Å². The predicted molar refractivity (Wildman–Crippen MR) is 70.0 cm³/mol. The van der Waals surface area contributed by atoms with Gasteiger partial charge in [0.15, 0.2) is 0 Å². The van der Waals surface area contributed by atoms with Crippen LogP contribution in [0.1, 0.15) is 11.1 Å². The Bertz CT molecular complexity index is 609. The van der Waals surface area contributed by atoms with Gasteiger partial charge in [-0.15, -0.1) is 0 Å². The minimum Gasteiger partial charge on any atom is -0.399 e. The molecule has 0 fully saturated rings. The average Bonchev–Trinajstić information content (AvgIpc) is 2.27. The van der Waals surface area contributed by atoms with E-state index in [1.54, 1.807) is 18.2 Å². The van der Waals surface area contributed by atoms with E-state index < -0.39 is 5.82 Å². The van der Waals surface area contributed by atoms with Gasteiger partial charge in [0.1, 0.15) is 17.4 Å². The molecule has 0 aliphatic rings. The van der Waals surface area contributed by atoms with Crippen molar-refractivity contribution >= 4 is 17.1 Å². The summed E-state index contributed by atoms with van der Waals surface area (Å²) in [6, 6.07) is 11.8. The van der Waals surface area contributed by atoms with Gasteiger partial charge < -0.3 is 11.1 Å². The van der Waals surface area contributed by atoms with Crippen LogP contribution in [0, 0.1) is 24.1 Å². The number of nitriles is 1. The minimum absolute atomic E-state index is 0.00224. The minimum atomic E-state index is -0.539. The fourth-order valence-electron chi connectivity index (χ4n) is 1.78. The molecule has 0 unspecified atom stereocenters. The van der Waals surface area contributed by atoms with Gasteiger partial charge >= 0.3 is 0 Å². The van der Waals surface area contributed by atoms with Crippen LogP contribution in [0.5, 0.6) is 0 Å². The monoisotopic (exact) mass is 241 g/mol. The maximum atomic E-state index is 13.4. The molecule has 90 valence electrons. The van der Waals surface area contributed by atoms with E-state index in [2.05, 4.69) is 5.32 Å². The Balaban J connectivity index is 2.40. The van der Waals surface area contributed by atoms with E-state index in [0.717, 1.165) is 11.3 Å². The van der Waals surface area contributed by atoms with Crippen molar-refractivity contribution in [2.75, 3.05) is 11.1 Å². The number of nitrogens with two attached hydrogens (primary N) is 1. The van der Waals surface area contributed by atoms with Gasteiger partial charge in [0.25, 0.3) is 0 Å². The van der Waals surface area contributed by atoms with Crippen LogP contribution in [0.25, 0.3) is 0 Å². The lowest BCUT2D eigenvalue weighted by Crippen LogP contribution is -1.97. The second kappa shape index (κ2) is 4.76. The molecule has 2 rings (SSSR count). The van der Waals surface area contributed by atoms with E-state index in [-0.39, 0.29) is 5.56 Å². The van der Waals surface area contributed by atoms with Gasteiger partial charge in [-0.3, -0.25) is 0 Å². The van der Waals surface area contributed by atoms with Crippen LogP contribution in [0.15, 0.2) is 36.4 Å². The Hall–Kier alpha value is -2.54. The highest BCUT2D eigenvalue weighted by molar-refractivity contribution is 5.69. The molecule has 0 aliphatic heterocycles. The molecule has 4 heteroatoms. The fraction of sp³-hybridized carbons (Fsp3) is 0.0714. The number of benzene rings is 2. The highest BCUT2D eigenvalue weighted by Crippen LogP contribution is 2.24. The third-order valence-corrected chi connectivity index (χ3v) is 2.50. The quantitative estimate of drug-likeness (QED) is 0.793. The summed E-state index contributed by atoms with van der Waals surface area (Å²) in [5.41, 5.74) is 8.51. The van der Waals surface area contributed by atoms with Crippen molar-refractivity contribution in [3.05, 3.63) is 53.3 Å². The summed E-state index contributed by atoms with van der Waals surface area (Å²) in [7, 11) is 0. The number of hydrogen-bond donors (Lipinski definition) is 2. The van der Waals surface area contributed by atoms with Crippen LogP contribution in [-0.2, 0) is 0 Å². The Morgan fingerprint density at radius 1 is 1.28 bits per heavy atom. The van der Waals surface area contributed by atoms with Gasteiger partial charge in [0, 0.05) is 11.4 Å². The standard InChI is InChI=1S/C14H12FN3/c1-9-5-10(17)7-11(6-9)18-14-4-2-3-13(15)12(14)8-16/h2-7,18H,17H2,1H3. The van der Waals surface area contributed by atoms with Crippen LogP contribution in [0.2, 0.25) is 0 Å². The molecule has 0 saturated carbocycles. The number of nitrogens with one attached hydrogen (secondary N) is 1. The fourth-order valence-corrected chi connectivity index (χ4v) is 1.78. The van der Waals surface area contributed by atoms with E-state index in [4.69, 9.17) is 11.0 Å². The first-order valence-corrected chi connectivity index (χ1v) is 5.43. The average molecular weight is 241 g/mol. The lowest BCUT2D eigenvalue weighted by molar-refractivity contribution is 0.624. The van der Waals surface area contributed by atoms with E-state index in [1.807, 2.05) is 25.1 Å². The number of aryl methyl sites for hydroxylation is 1. The van der Waals surface area contributed by atoms with E-state index in [1.165, 1.54) is 6.07 Å². The molecule has 3 nitrogen and oxygen atoms in total. The third-order valence-electron chi connectivity index (χ3n) is 2.50. The summed E-state index contributed by atoms with van der Waals surface area (Å²) in [5.74, 6) is -0.539. The van der Waals surface area contributed by atoms with E-state index >= 15 is 0 Å². The number of anilines is 3. The zero-order chi connectivity index (χ0) is 13.1. The molecule has 0 amide bonds. The van der Waals surface area contributed by atoms with Gasteiger partial charge in [-0.05, 0) is 42.8 Å². The van der Waals surface area contributed by atoms with Crippen LogP contribution in [0.3, 0.4) is 0 Å². The highest BCUT2D eigenvalue weighted by atomic mass is 19.1. The van der Waals surface area contributed by atoms with Gasteiger partial charge in [0.2, 0.25) is 0 Å². The number of hydrogen-bond acceptors (Lipinski definition) is 3. The zero-order valence-electron chi connectivity index (χ0n) is 9.87. The van der Waals surface area contributed by atoms with Gasteiger partial charge in [-0.2, -0.15) is 5.26 Å². The lowest BCUT2D eigenvalue weighted by atomic mass is 10.1. The second-order valence-corrected chi connectivity index (χ2v) is 4.03. The first kappa shape index (κ1) is 11.9. The SMILES string of the molecule is Cc1cc(N)cc(Nc2cccc(F)c2C#N)c1. The van der Waals surface area contributed by atoms with Crippen LogP contribution in [-0.4, -0.2) is 0 Å². The molecule has 0 bridgehead atoms. The lowest BCUT2D eigenvalue weighted by Gasteiger charge is -2.10. The Morgan fingerprint density at radius 3 is 2.72 bits per heavy atom. The Labute approximate surface area is 105 Å². The molecule has 2 aromatic carbocycles. The maximum Gasteiger partial charge on any atom is 0.143 e. The summed E-state index contributed by atoms with van der Waals surface area (Å²) in [6.45, 7) is 1.92. The largest absolute Gasteiger partial charge is 0.399 e. The number of nitrogen functional groups attached to an aromatic ring is 1. The topological polar surface area (TPSA) is 61.8 Å². The van der Waals surface area contributed by atoms with Crippen molar-refractivity contribution in [2.24, 2.45) is 0 Å². The summed E-state index contributed by atoms with van der Waals surface area (Å²) >= 11 is 0. The van der Waals surface area contributed by atoms with Crippen molar-refractivity contribution in [3.63, 3.8) is 0 Å². The zero-order valence-corrected chi connectivity index (χ0v) is 9.87. The molecule has 18 heavy (non-hydrogen) atoms. The number of nitrogens with zero attached hydrogens (tertiary/aromatic N) is 1. The maximum absolute atomic E-state index is 13.4. The Kier molecular flexibility index (Phi) is 3.16. The van der Waals surface area contributed by atoms with E-state index in [0.29, 0.717) is 11.4 Å². The summed E-state index contributed by atoms with van der Waals surface area (Å²) in [6.07, 6.45) is 0. The molecule has 0 spiro atoms. The van der Waals surface area contributed by atoms with Crippen molar-refractivity contribution in [2.45, 2.75) is 6.92 Å². The highest BCUT2D eigenvalue weighted by Gasteiger charge is 2.08. The second-order valence-electron chi connectivity index (χ2n) is 4.03. The molecule has 0 saturated heterocycles. The molecular weight excluding hydrogens is 229 g/mol. The first-order valence-electron chi connectivity index (χ1n) is 5.43. The first-order chi connectivity index (χ1) is 8.60. The predicted octanol–water partition coefficient (Wildman–Crippen LogP) is 3.33. The molecule has 0 heterocycles. The summed E-state index contributed by atoms with van der Waals surface area (Å²) in [5, 5.41) is 11.9. The van der Waals surface area contributed by atoms with Crippen LogP contribution in [0.4, 0.5) is 21.5 Å². The molecule has 0 aliphatic carbocycles. The van der Waals surface area contributed by atoms with Crippen LogP contribution < -0.4 is 11.1 Å². The van der Waals surface area contributed by atoms with Crippen molar-refractivity contribution < 1.29 is 4.39 Å². The molecule has 0 aromatic heterocycles. The van der Waals surface area contributed by atoms with Crippen molar-refractivity contribution in [3.8, 4) is 6.07 Å². The van der Waals surface area contributed by atoms with Gasteiger partial charge in [-0.1, -0.05) is 6.07 Å². The van der Waals surface area contributed by atoms with Gasteiger partial charge in [-0.25, -0.2) is 4.39 Å². The van der Waals surface area contributed by atoms with Crippen LogP contribution >= 0.6 is 0 Å². The number of rotatable bonds is 2. The van der Waals surface area contributed by atoms with Crippen molar-refractivity contribution in [1.29, 1.82) is 5.26 Å². The number of halogens is 1. The molecule has 0 atom stereocenters. The Morgan fingerprint density at radius 2 is 2.06 bits per heavy atom. The third kappa shape index (κ3) is 2.41. The summed E-state index contributed by atoms with van der Waals surface area (Å²) in [4.78, 5) is 0.